The summed E-state index contributed by atoms with van der Waals surface area (Å²) in [4.78, 5) is 17.0. The quantitative estimate of drug-likeness (QED) is 0.630. The van der Waals surface area contributed by atoms with Crippen LogP contribution in [-0.4, -0.2) is 17.0 Å². The molecule has 1 amide bonds. The number of nitrogens with one attached hydrogen (secondary N) is 1. The second-order valence-electron chi connectivity index (χ2n) is 6.77. The molecule has 3 rings (SSSR count). The van der Waals surface area contributed by atoms with E-state index in [2.05, 4.69) is 16.4 Å². The van der Waals surface area contributed by atoms with Crippen LogP contribution >= 0.6 is 0 Å². The lowest BCUT2D eigenvalue weighted by Gasteiger charge is -2.15. The monoisotopic (exact) mass is 376 g/mol. The summed E-state index contributed by atoms with van der Waals surface area (Å²) in [6, 6.07) is 18.7. The second kappa shape index (κ2) is 9.04. The van der Waals surface area contributed by atoms with E-state index in [1.165, 1.54) is 0 Å². The van der Waals surface area contributed by atoms with Gasteiger partial charge in [0.1, 0.15) is 23.9 Å². The van der Waals surface area contributed by atoms with E-state index in [0.717, 1.165) is 11.1 Å². The highest BCUT2D eigenvalue weighted by atomic mass is 16.5. The Kier molecular flexibility index (Phi) is 6.27. The highest BCUT2D eigenvalue weighted by Gasteiger charge is 2.16. The van der Waals surface area contributed by atoms with Crippen LogP contribution in [0.25, 0.3) is 0 Å². The summed E-state index contributed by atoms with van der Waals surface area (Å²) in [6.45, 7) is 6.29. The van der Waals surface area contributed by atoms with Gasteiger partial charge in [0.15, 0.2) is 0 Å². The second-order valence-corrected chi connectivity index (χ2v) is 6.77. The summed E-state index contributed by atoms with van der Waals surface area (Å²) in [5.74, 6) is 1.29. The summed E-state index contributed by atoms with van der Waals surface area (Å²) in [5, 5.41) is 2.80. The number of carbonyl (C=O) groups is 1. The van der Waals surface area contributed by atoms with Gasteiger partial charge in [0.25, 0.3) is 5.91 Å². The van der Waals surface area contributed by atoms with Crippen molar-refractivity contribution in [3.63, 3.8) is 0 Å². The van der Waals surface area contributed by atoms with Gasteiger partial charge in [-0.3, -0.25) is 4.79 Å². The van der Waals surface area contributed by atoms with Gasteiger partial charge >= 0.3 is 0 Å². The van der Waals surface area contributed by atoms with Crippen molar-refractivity contribution < 1.29 is 14.3 Å². The largest absolute Gasteiger partial charge is 0.491 e. The lowest BCUT2D eigenvalue weighted by molar-refractivity contribution is 0.102. The fraction of sp³-hybridized carbons (Fsp3) is 0.217. The molecule has 1 heterocycles. The number of benzene rings is 2. The molecule has 0 bridgehead atoms. The number of aryl methyl sites for hydroxylation is 1. The van der Waals surface area contributed by atoms with Gasteiger partial charge in [-0.1, -0.05) is 35.9 Å². The zero-order valence-electron chi connectivity index (χ0n) is 16.3. The molecule has 2 aromatic carbocycles. The molecule has 0 aliphatic heterocycles. The Labute approximate surface area is 165 Å². The average molecular weight is 376 g/mol. The Balaban J connectivity index is 1.84. The minimum atomic E-state index is -0.299. The maximum Gasteiger partial charge on any atom is 0.260 e. The Morgan fingerprint density at radius 2 is 1.93 bits per heavy atom. The number of carbonyl (C=O) groups excluding carboxylic acids is 1. The number of rotatable bonds is 7. The van der Waals surface area contributed by atoms with Crippen molar-refractivity contribution in [3.8, 4) is 11.5 Å². The van der Waals surface area contributed by atoms with Gasteiger partial charge < -0.3 is 14.8 Å². The molecule has 0 unspecified atom stereocenters. The smallest absolute Gasteiger partial charge is 0.260 e. The van der Waals surface area contributed by atoms with Gasteiger partial charge in [-0.05, 0) is 56.7 Å². The lowest BCUT2D eigenvalue weighted by atomic mass is 10.1. The highest BCUT2D eigenvalue weighted by Crippen LogP contribution is 2.27. The van der Waals surface area contributed by atoms with Gasteiger partial charge in [0.2, 0.25) is 0 Å². The van der Waals surface area contributed by atoms with E-state index >= 15 is 0 Å². The number of ether oxygens (including phenoxy) is 2. The van der Waals surface area contributed by atoms with Crippen LogP contribution in [0, 0.1) is 6.92 Å². The minimum Gasteiger partial charge on any atom is -0.491 e. The summed E-state index contributed by atoms with van der Waals surface area (Å²) >= 11 is 0. The van der Waals surface area contributed by atoms with Crippen LogP contribution in [0.5, 0.6) is 11.5 Å². The first-order chi connectivity index (χ1) is 13.5. The molecular formula is C23H24N2O3. The van der Waals surface area contributed by atoms with Crippen LogP contribution in [0.15, 0.2) is 66.9 Å². The van der Waals surface area contributed by atoms with Crippen molar-refractivity contribution in [1.29, 1.82) is 0 Å². The van der Waals surface area contributed by atoms with E-state index in [9.17, 15) is 4.79 Å². The molecule has 144 valence electrons. The predicted octanol–water partition coefficient (Wildman–Crippen LogP) is 5.01. The van der Waals surface area contributed by atoms with Crippen LogP contribution in [0.3, 0.4) is 0 Å². The SMILES string of the molecule is Cc1cccc(COc2ccc(OC(C)C)cc2C(=O)Nc2ccccn2)c1. The molecule has 0 radical (unpaired) electrons. The summed E-state index contributed by atoms with van der Waals surface area (Å²) in [6.07, 6.45) is 1.63. The summed E-state index contributed by atoms with van der Waals surface area (Å²) in [5.41, 5.74) is 2.60. The average Bonchev–Trinajstić information content (AvgIpc) is 2.67. The molecular weight excluding hydrogens is 352 g/mol. The number of hydrogen-bond acceptors (Lipinski definition) is 4. The van der Waals surface area contributed by atoms with E-state index in [4.69, 9.17) is 9.47 Å². The molecule has 0 atom stereocenters. The first kappa shape index (κ1) is 19.4. The van der Waals surface area contributed by atoms with Crippen LogP contribution in [0.4, 0.5) is 5.82 Å². The van der Waals surface area contributed by atoms with E-state index in [0.29, 0.717) is 29.5 Å². The van der Waals surface area contributed by atoms with Crippen molar-refractivity contribution in [2.45, 2.75) is 33.5 Å². The van der Waals surface area contributed by atoms with Crippen LogP contribution in [-0.2, 0) is 6.61 Å². The van der Waals surface area contributed by atoms with Gasteiger partial charge in [-0.25, -0.2) is 4.98 Å². The topological polar surface area (TPSA) is 60.5 Å². The number of pyridine rings is 1. The minimum absolute atomic E-state index is 0.00534. The molecule has 0 aliphatic rings. The van der Waals surface area contributed by atoms with Gasteiger partial charge in [-0.15, -0.1) is 0 Å². The zero-order chi connectivity index (χ0) is 19.9. The Bertz CT molecular complexity index is 940. The summed E-state index contributed by atoms with van der Waals surface area (Å²) < 4.78 is 11.7. The number of amides is 1. The molecule has 5 nitrogen and oxygen atoms in total. The third-order valence-corrected chi connectivity index (χ3v) is 3.95. The predicted molar refractivity (Wildman–Crippen MR) is 110 cm³/mol. The molecule has 0 saturated heterocycles. The van der Waals surface area contributed by atoms with Gasteiger partial charge in [0.05, 0.1) is 11.7 Å². The lowest BCUT2D eigenvalue weighted by Crippen LogP contribution is -2.15. The van der Waals surface area contributed by atoms with Crippen molar-refractivity contribution >= 4 is 11.7 Å². The molecule has 5 heteroatoms. The number of aromatic nitrogens is 1. The molecule has 0 spiro atoms. The number of nitrogens with zero attached hydrogens (tertiary/aromatic N) is 1. The van der Waals surface area contributed by atoms with E-state index in [-0.39, 0.29) is 12.0 Å². The third-order valence-electron chi connectivity index (χ3n) is 3.95. The Hall–Kier alpha value is -3.34. The van der Waals surface area contributed by atoms with Crippen LogP contribution in [0.2, 0.25) is 0 Å². The fourth-order valence-corrected chi connectivity index (χ4v) is 2.74. The van der Waals surface area contributed by atoms with Crippen molar-refractivity contribution in [1.82, 2.24) is 4.98 Å². The maximum absolute atomic E-state index is 12.9. The molecule has 0 aliphatic carbocycles. The molecule has 1 aromatic heterocycles. The first-order valence-corrected chi connectivity index (χ1v) is 9.22. The standard InChI is InChI=1S/C23H24N2O3/c1-16(2)28-19-10-11-21(27-15-18-8-6-7-17(3)13-18)20(14-19)23(26)25-22-9-4-5-12-24-22/h4-14,16H,15H2,1-3H3,(H,24,25,26). The van der Waals surface area contributed by atoms with Crippen molar-refractivity contribution in [2.24, 2.45) is 0 Å². The maximum atomic E-state index is 12.9. The zero-order valence-corrected chi connectivity index (χ0v) is 16.3. The molecule has 28 heavy (non-hydrogen) atoms. The fourth-order valence-electron chi connectivity index (χ4n) is 2.74. The third kappa shape index (κ3) is 5.33. The normalized spacial score (nSPS) is 10.6. The van der Waals surface area contributed by atoms with Gasteiger partial charge in [0, 0.05) is 6.20 Å². The van der Waals surface area contributed by atoms with Crippen LogP contribution < -0.4 is 14.8 Å². The Morgan fingerprint density at radius 1 is 1.07 bits per heavy atom. The van der Waals surface area contributed by atoms with Crippen LogP contribution in [0.1, 0.15) is 35.3 Å². The molecule has 3 aromatic rings. The molecule has 0 saturated carbocycles. The highest BCUT2D eigenvalue weighted by molar-refractivity contribution is 6.06. The van der Waals surface area contributed by atoms with E-state index in [1.807, 2.05) is 51.1 Å². The Morgan fingerprint density at radius 3 is 2.64 bits per heavy atom. The van der Waals surface area contributed by atoms with Crippen molar-refractivity contribution in [3.05, 3.63) is 83.6 Å². The number of anilines is 1. The van der Waals surface area contributed by atoms with Gasteiger partial charge in [-0.2, -0.15) is 0 Å². The summed E-state index contributed by atoms with van der Waals surface area (Å²) in [7, 11) is 0. The van der Waals surface area contributed by atoms with E-state index < -0.39 is 0 Å². The van der Waals surface area contributed by atoms with Crippen molar-refractivity contribution in [2.75, 3.05) is 5.32 Å². The van der Waals surface area contributed by atoms with E-state index in [1.54, 1.807) is 30.5 Å². The first-order valence-electron chi connectivity index (χ1n) is 9.22. The molecule has 0 fully saturated rings. The number of hydrogen-bond donors (Lipinski definition) is 1. The molecule has 1 N–H and O–H groups in total.